The molecule has 0 aliphatic heterocycles. The van der Waals surface area contributed by atoms with E-state index in [1.54, 1.807) is 22.8 Å². The smallest absolute Gasteiger partial charge is 0.276 e. The van der Waals surface area contributed by atoms with Crippen molar-refractivity contribution in [2.75, 3.05) is 19.3 Å². The fourth-order valence-corrected chi connectivity index (χ4v) is 1.63. The molecule has 1 heterocycles. The Labute approximate surface area is 103 Å². The molecule has 0 radical (unpaired) electrons. The van der Waals surface area contributed by atoms with Gasteiger partial charge < -0.3 is 10.6 Å². The average Bonchev–Trinajstić information content (AvgIpc) is 2.69. The van der Waals surface area contributed by atoms with Crippen LogP contribution >= 0.6 is 0 Å². The highest BCUT2D eigenvalue weighted by molar-refractivity contribution is 5.96. The predicted molar refractivity (Wildman–Crippen MR) is 68.7 cm³/mol. The molecule has 2 N–H and O–H groups in total. The van der Waals surface area contributed by atoms with E-state index in [0.717, 1.165) is 13.0 Å². The van der Waals surface area contributed by atoms with E-state index in [-0.39, 0.29) is 5.91 Å². The molecule has 0 aliphatic rings. The summed E-state index contributed by atoms with van der Waals surface area (Å²) in [5, 5.41) is 4.18. The number of hydrogen-bond acceptors (Lipinski definition) is 3. The van der Waals surface area contributed by atoms with Gasteiger partial charge in [0.05, 0.1) is 5.69 Å². The summed E-state index contributed by atoms with van der Waals surface area (Å²) in [4.78, 5) is 13.8. The van der Waals surface area contributed by atoms with Crippen molar-refractivity contribution in [3.63, 3.8) is 0 Å². The van der Waals surface area contributed by atoms with Crippen molar-refractivity contribution in [1.29, 1.82) is 0 Å². The third-order valence-corrected chi connectivity index (χ3v) is 2.95. The molecule has 0 spiro atoms. The highest BCUT2D eigenvalue weighted by Gasteiger charge is 2.19. The maximum atomic E-state index is 12.1. The van der Waals surface area contributed by atoms with Crippen molar-refractivity contribution < 1.29 is 4.79 Å². The largest absolute Gasteiger partial charge is 0.396 e. The van der Waals surface area contributed by atoms with Gasteiger partial charge in [0.1, 0.15) is 0 Å². The van der Waals surface area contributed by atoms with Crippen LogP contribution in [-0.2, 0) is 6.54 Å². The number of nitrogens with two attached hydrogens (primary N) is 1. The van der Waals surface area contributed by atoms with Crippen molar-refractivity contribution >= 4 is 11.6 Å². The van der Waals surface area contributed by atoms with Gasteiger partial charge in [0, 0.05) is 26.3 Å². The number of aromatic nitrogens is 2. The third kappa shape index (κ3) is 3.22. The van der Waals surface area contributed by atoms with E-state index in [0.29, 0.717) is 23.8 Å². The molecule has 0 aliphatic carbocycles. The minimum atomic E-state index is -0.102. The number of aryl methyl sites for hydroxylation is 1. The quantitative estimate of drug-likeness (QED) is 0.847. The number of amides is 1. The number of nitrogens with zero attached hydrogens (tertiary/aromatic N) is 3. The summed E-state index contributed by atoms with van der Waals surface area (Å²) < 4.78 is 1.68. The Kier molecular flexibility index (Phi) is 4.54. The van der Waals surface area contributed by atoms with Crippen LogP contribution in [-0.4, -0.2) is 34.2 Å². The minimum absolute atomic E-state index is 0.102. The van der Waals surface area contributed by atoms with Crippen LogP contribution in [0.25, 0.3) is 0 Å². The summed E-state index contributed by atoms with van der Waals surface area (Å²) >= 11 is 0. The van der Waals surface area contributed by atoms with Crippen LogP contribution in [0.15, 0.2) is 6.20 Å². The summed E-state index contributed by atoms with van der Waals surface area (Å²) in [6.07, 6.45) is 2.75. The number of carbonyl (C=O) groups is 1. The normalized spacial score (nSPS) is 12.5. The molecule has 96 valence electrons. The average molecular weight is 238 g/mol. The Balaban J connectivity index is 2.77. The van der Waals surface area contributed by atoms with Crippen LogP contribution in [0, 0.1) is 5.92 Å². The zero-order valence-corrected chi connectivity index (χ0v) is 11.1. The Morgan fingerprint density at radius 2 is 2.24 bits per heavy atom. The first kappa shape index (κ1) is 13.5. The van der Waals surface area contributed by atoms with Gasteiger partial charge in [0.2, 0.25) is 0 Å². The topological polar surface area (TPSA) is 64.2 Å². The lowest BCUT2D eigenvalue weighted by Crippen LogP contribution is -2.31. The second-order valence-corrected chi connectivity index (χ2v) is 4.49. The standard InChI is InChI=1S/C12H22N4O/c1-5-9(3)7-15(4)12(17)11-10(13)8-16(6-2)14-11/h8-9H,5-7,13H2,1-4H3. The Bertz CT molecular complexity index is 386. The monoisotopic (exact) mass is 238 g/mol. The van der Waals surface area contributed by atoms with E-state index < -0.39 is 0 Å². The molecule has 0 aromatic carbocycles. The Morgan fingerprint density at radius 1 is 1.59 bits per heavy atom. The molecule has 0 saturated carbocycles. The summed E-state index contributed by atoms with van der Waals surface area (Å²) in [6, 6.07) is 0. The molecule has 0 bridgehead atoms. The van der Waals surface area contributed by atoms with Gasteiger partial charge in [-0.2, -0.15) is 5.10 Å². The summed E-state index contributed by atoms with van der Waals surface area (Å²) in [7, 11) is 1.79. The number of nitrogen functional groups attached to an aromatic ring is 1. The molecule has 1 aromatic rings. The molecule has 1 unspecified atom stereocenters. The van der Waals surface area contributed by atoms with Crippen LogP contribution in [0.1, 0.15) is 37.7 Å². The van der Waals surface area contributed by atoms with E-state index in [1.807, 2.05) is 6.92 Å². The van der Waals surface area contributed by atoms with E-state index in [4.69, 9.17) is 5.73 Å². The van der Waals surface area contributed by atoms with E-state index in [1.165, 1.54) is 0 Å². The molecule has 5 nitrogen and oxygen atoms in total. The molecule has 1 amide bonds. The minimum Gasteiger partial charge on any atom is -0.396 e. The lowest BCUT2D eigenvalue weighted by molar-refractivity contribution is 0.0769. The van der Waals surface area contributed by atoms with Crippen molar-refractivity contribution in [1.82, 2.24) is 14.7 Å². The van der Waals surface area contributed by atoms with Crippen molar-refractivity contribution in [2.45, 2.75) is 33.7 Å². The molecule has 0 fully saturated rings. The van der Waals surface area contributed by atoms with E-state index in [9.17, 15) is 4.79 Å². The van der Waals surface area contributed by atoms with Crippen LogP contribution in [0.3, 0.4) is 0 Å². The zero-order valence-electron chi connectivity index (χ0n) is 11.1. The molecule has 1 atom stereocenters. The molecular formula is C12H22N4O. The number of anilines is 1. The molecule has 1 aromatic heterocycles. The van der Waals surface area contributed by atoms with Crippen LogP contribution in [0.4, 0.5) is 5.69 Å². The van der Waals surface area contributed by atoms with Gasteiger partial charge in [-0.15, -0.1) is 0 Å². The lowest BCUT2D eigenvalue weighted by atomic mass is 10.1. The highest BCUT2D eigenvalue weighted by Crippen LogP contribution is 2.13. The van der Waals surface area contributed by atoms with Crippen LogP contribution in [0.5, 0.6) is 0 Å². The van der Waals surface area contributed by atoms with Crippen molar-refractivity contribution in [2.24, 2.45) is 5.92 Å². The SMILES string of the molecule is CCC(C)CN(C)C(=O)c1nn(CC)cc1N. The van der Waals surface area contributed by atoms with Gasteiger partial charge in [-0.25, -0.2) is 0 Å². The second-order valence-electron chi connectivity index (χ2n) is 4.49. The lowest BCUT2D eigenvalue weighted by Gasteiger charge is -2.19. The Hall–Kier alpha value is -1.52. The maximum Gasteiger partial charge on any atom is 0.276 e. The van der Waals surface area contributed by atoms with E-state index in [2.05, 4.69) is 18.9 Å². The fourth-order valence-electron chi connectivity index (χ4n) is 1.63. The molecule has 17 heavy (non-hydrogen) atoms. The number of rotatable bonds is 5. The first-order valence-corrected chi connectivity index (χ1v) is 6.07. The van der Waals surface area contributed by atoms with Gasteiger partial charge in [-0.1, -0.05) is 20.3 Å². The van der Waals surface area contributed by atoms with E-state index >= 15 is 0 Å². The van der Waals surface area contributed by atoms with Gasteiger partial charge in [0.15, 0.2) is 5.69 Å². The zero-order chi connectivity index (χ0) is 13.0. The first-order valence-electron chi connectivity index (χ1n) is 6.07. The van der Waals surface area contributed by atoms with Crippen molar-refractivity contribution in [3.05, 3.63) is 11.9 Å². The highest BCUT2D eigenvalue weighted by atomic mass is 16.2. The van der Waals surface area contributed by atoms with Crippen molar-refractivity contribution in [3.8, 4) is 0 Å². The summed E-state index contributed by atoms with van der Waals surface area (Å²) in [5.41, 5.74) is 6.60. The van der Waals surface area contributed by atoms with Gasteiger partial charge in [0.25, 0.3) is 5.91 Å². The molecular weight excluding hydrogens is 216 g/mol. The third-order valence-electron chi connectivity index (χ3n) is 2.95. The van der Waals surface area contributed by atoms with Gasteiger partial charge >= 0.3 is 0 Å². The molecule has 1 rings (SSSR count). The molecule has 5 heteroatoms. The number of carbonyl (C=O) groups excluding carboxylic acids is 1. The van der Waals surface area contributed by atoms with Gasteiger partial charge in [-0.3, -0.25) is 9.48 Å². The van der Waals surface area contributed by atoms with Crippen LogP contribution in [0.2, 0.25) is 0 Å². The summed E-state index contributed by atoms with van der Waals surface area (Å²) in [6.45, 7) is 7.64. The number of hydrogen-bond donors (Lipinski definition) is 1. The van der Waals surface area contributed by atoms with Gasteiger partial charge in [-0.05, 0) is 12.8 Å². The maximum absolute atomic E-state index is 12.1. The Morgan fingerprint density at radius 3 is 2.71 bits per heavy atom. The predicted octanol–water partition coefficient (Wildman–Crippen LogP) is 1.60. The second kappa shape index (κ2) is 5.70. The fraction of sp³-hybridized carbons (Fsp3) is 0.667. The summed E-state index contributed by atoms with van der Waals surface area (Å²) in [5.74, 6) is 0.383. The van der Waals surface area contributed by atoms with Crippen LogP contribution < -0.4 is 5.73 Å². The first-order chi connectivity index (χ1) is 7.99. The molecule has 0 saturated heterocycles.